The molecule has 3 rings (SSSR count). The monoisotopic (exact) mass is 237 g/mol. The normalized spacial score (nSPS) is 29.6. The Morgan fingerprint density at radius 2 is 2.23 bits per heavy atom. The molecule has 68 valence electrons. The van der Waals surface area contributed by atoms with E-state index in [0.29, 0.717) is 0 Å². The van der Waals surface area contributed by atoms with E-state index in [1.54, 1.807) is 0 Å². The van der Waals surface area contributed by atoms with Crippen molar-refractivity contribution < 1.29 is 0 Å². The van der Waals surface area contributed by atoms with E-state index < -0.39 is 0 Å². The van der Waals surface area contributed by atoms with E-state index in [0.717, 1.165) is 12.0 Å². The van der Waals surface area contributed by atoms with Crippen molar-refractivity contribution in [1.82, 2.24) is 0 Å². The van der Waals surface area contributed by atoms with Gasteiger partial charge in [-0.15, -0.1) is 0 Å². The Hall–Kier alpha value is -0.500. The van der Waals surface area contributed by atoms with Crippen molar-refractivity contribution in [2.24, 2.45) is 0 Å². The van der Waals surface area contributed by atoms with Crippen molar-refractivity contribution in [2.45, 2.75) is 31.2 Å². The SMILES string of the molecule is Brc1ccc2c(c1)NC1CCCC21. The molecular weight excluding hydrogens is 226 g/mol. The molecule has 1 saturated carbocycles. The van der Waals surface area contributed by atoms with Gasteiger partial charge in [-0.3, -0.25) is 0 Å². The van der Waals surface area contributed by atoms with Crippen LogP contribution >= 0.6 is 15.9 Å². The largest absolute Gasteiger partial charge is 0.381 e. The Morgan fingerprint density at radius 3 is 3.15 bits per heavy atom. The number of nitrogens with one attached hydrogen (secondary N) is 1. The van der Waals surface area contributed by atoms with Crippen LogP contribution < -0.4 is 5.32 Å². The summed E-state index contributed by atoms with van der Waals surface area (Å²) in [4.78, 5) is 0. The minimum atomic E-state index is 0.726. The number of fused-ring (bicyclic) bond motifs is 3. The molecule has 1 aliphatic heterocycles. The van der Waals surface area contributed by atoms with Crippen LogP contribution in [0.2, 0.25) is 0 Å². The molecule has 1 aromatic rings. The van der Waals surface area contributed by atoms with Gasteiger partial charge >= 0.3 is 0 Å². The highest BCUT2D eigenvalue weighted by Gasteiger charge is 2.35. The second-order valence-electron chi connectivity index (χ2n) is 4.02. The highest BCUT2D eigenvalue weighted by molar-refractivity contribution is 9.10. The summed E-state index contributed by atoms with van der Waals surface area (Å²) >= 11 is 3.50. The maximum atomic E-state index is 3.61. The second-order valence-corrected chi connectivity index (χ2v) is 4.94. The number of hydrogen-bond donors (Lipinski definition) is 1. The van der Waals surface area contributed by atoms with Gasteiger partial charge in [-0.05, 0) is 30.5 Å². The van der Waals surface area contributed by atoms with E-state index in [4.69, 9.17) is 0 Å². The summed E-state index contributed by atoms with van der Waals surface area (Å²) in [6.07, 6.45) is 4.10. The molecule has 2 unspecified atom stereocenters. The lowest BCUT2D eigenvalue weighted by Gasteiger charge is -2.07. The standard InChI is InChI=1S/C11H12BrN/c12-7-4-5-9-8-2-1-3-10(8)13-11(9)6-7/h4-6,8,10,13H,1-3H2. The average molecular weight is 238 g/mol. The molecule has 0 spiro atoms. The van der Waals surface area contributed by atoms with Gasteiger partial charge in [-0.1, -0.05) is 28.4 Å². The van der Waals surface area contributed by atoms with Crippen LogP contribution in [0.4, 0.5) is 5.69 Å². The van der Waals surface area contributed by atoms with Crippen LogP contribution in [0.25, 0.3) is 0 Å². The number of anilines is 1. The first-order chi connectivity index (χ1) is 6.34. The van der Waals surface area contributed by atoms with Gasteiger partial charge in [-0.25, -0.2) is 0 Å². The second kappa shape index (κ2) is 2.74. The number of hydrogen-bond acceptors (Lipinski definition) is 1. The molecule has 2 aliphatic rings. The molecule has 0 saturated heterocycles. The molecule has 1 fully saturated rings. The highest BCUT2D eigenvalue weighted by Crippen LogP contribution is 2.45. The van der Waals surface area contributed by atoms with E-state index in [-0.39, 0.29) is 0 Å². The molecular formula is C11H12BrN. The van der Waals surface area contributed by atoms with Gasteiger partial charge in [0.15, 0.2) is 0 Å². The minimum Gasteiger partial charge on any atom is -0.381 e. The third-order valence-electron chi connectivity index (χ3n) is 3.27. The summed E-state index contributed by atoms with van der Waals surface area (Å²) in [5, 5.41) is 3.61. The molecule has 0 aromatic heterocycles. The van der Waals surface area contributed by atoms with E-state index in [9.17, 15) is 0 Å². The average Bonchev–Trinajstić information content (AvgIpc) is 2.62. The topological polar surface area (TPSA) is 12.0 Å². The molecule has 0 radical (unpaired) electrons. The van der Waals surface area contributed by atoms with Crippen molar-refractivity contribution in [3.05, 3.63) is 28.2 Å². The third-order valence-corrected chi connectivity index (χ3v) is 3.76. The van der Waals surface area contributed by atoms with Gasteiger partial charge in [0.2, 0.25) is 0 Å². The molecule has 1 aliphatic carbocycles. The van der Waals surface area contributed by atoms with Gasteiger partial charge < -0.3 is 5.32 Å². The molecule has 2 heteroatoms. The summed E-state index contributed by atoms with van der Waals surface area (Å²) in [5.74, 6) is 0.795. The predicted octanol–water partition coefficient (Wildman–Crippen LogP) is 3.51. The van der Waals surface area contributed by atoms with Crippen LogP contribution in [-0.2, 0) is 0 Å². The number of halogens is 1. The van der Waals surface area contributed by atoms with Crippen molar-refractivity contribution in [3.8, 4) is 0 Å². The summed E-state index contributed by atoms with van der Waals surface area (Å²) in [7, 11) is 0. The first-order valence-corrected chi connectivity index (χ1v) is 5.70. The van der Waals surface area contributed by atoms with Crippen LogP contribution in [0, 0.1) is 0 Å². The first-order valence-electron chi connectivity index (χ1n) is 4.90. The van der Waals surface area contributed by atoms with Gasteiger partial charge in [0.05, 0.1) is 0 Å². The maximum Gasteiger partial charge on any atom is 0.0390 e. The fraction of sp³-hybridized carbons (Fsp3) is 0.455. The van der Waals surface area contributed by atoms with Crippen molar-refractivity contribution in [2.75, 3.05) is 5.32 Å². The van der Waals surface area contributed by atoms with Gasteiger partial charge in [0.25, 0.3) is 0 Å². The van der Waals surface area contributed by atoms with Crippen LogP contribution in [0.5, 0.6) is 0 Å². The Labute approximate surface area is 86.7 Å². The Kier molecular flexibility index (Phi) is 1.66. The lowest BCUT2D eigenvalue weighted by molar-refractivity contribution is 0.689. The van der Waals surface area contributed by atoms with Gasteiger partial charge in [-0.2, -0.15) is 0 Å². The molecule has 2 atom stereocenters. The Balaban J connectivity index is 2.08. The molecule has 1 nitrogen and oxygen atoms in total. The first kappa shape index (κ1) is 7.86. The fourth-order valence-electron chi connectivity index (χ4n) is 2.68. The summed E-state index contributed by atoms with van der Waals surface area (Å²) in [5.41, 5.74) is 2.88. The highest BCUT2D eigenvalue weighted by atomic mass is 79.9. The van der Waals surface area contributed by atoms with Crippen molar-refractivity contribution in [1.29, 1.82) is 0 Å². The van der Waals surface area contributed by atoms with Crippen molar-refractivity contribution in [3.63, 3.8) is 0 Å². The zero-order chi connectivity index (χ0) is 8.84. The zero-order valence-corrected chi connectivity index (χ0v) is 8.97. The lowest BCUT2D eigenvalue weighted by Crippen LogP contribution is -2.13. The Bertz CT molecular complexity index is 348. The third kappa shape index (κ3) is 1.12. The van der Waals surface area contributed by atoms with E-state index in [1.165, 1.54) is 35.0 Å². The summed E-state index contributed by atoms with van der Waals surface area (Å²) < 4.78 is 1.18. The Morgan fingerprint density at radius 1 is 1.31 bits per heavy atom. The molecule has 0 amide bonds. The molecule has 1 heterocycles. The van der Waals surface area contributed by atoms with Crippen LogP contribution in [0.3, 0.4) is 0 Å². The van der Waals surface area contributed by atoms with Gasteiger partial charge in [0, 0.05) is 22.1 Å². The summed E-state index contributed by atoms with van der Waals surface area (Å²) in [6, 6.07) is 7.35. The molecule has 1 N–H and O–H groups in total. The van der Waals surface area contributed by atoms with E-state index in [1.807, 2.05) is 0 Å². The number of rotatable bonds is 0. The minimum absolute atomic E-state index is 0.726. The predicted molar refractivity (Wildman–Crippen MR) is 58.1 cm³/mol. The van der Waals surface area contributed by atoms with Gasteiger partial charge in [0.1, 0.15) is 0 Å². The summed E-state index contributed by atoms with van der Waals surface area (Å²) in [6.45, 7) is 0. The fourth-order valence-corrected chi connectivity index (χ4v) is 3.04. The smallest absolute Gasteiger partial charge is 0.0390 e. The van der Waals surface area contributed by atoms with Crippen LogP contribution in [0.15, 0.2) is 22.7 Å². The molecule has 1 aromatic carbocycles. The van der Waals surface area contributed by atoms with Crippen LogP contribution in [0.1, 0.15) is 30.7 Å². The van der Waals surface area contributed by atoms with E-state index >= 15 is 0 Å². The maximum absolute atomic E-state index is 3.61. The zero-order valence-electron chi connectivity index (χ0n) is 7.39. The molecule has 13 heavy (non-hydrogen) atoms. The lowest BCUT2D eigenvalue weighted by atomic mass is 9.98. The van der Waals surface area contributed by atoms with E-state index in [2.05, 4.69) is 39.4 Å². The van der Waals surface area contributed by atoms with Crippen LogP contribution in [-0.4, -0.2) is 6.04 Å². The quantitative estimate of drug-likeness (QED) is 0.729. The molecule has 0 bridgehead atoms. The van der Waals surface area contributed by atoms with Crippen molar-refractivity contribution >= 4 is 21.6 Å². The number of benzene rings is 1.